The van der Waals surface area contributed by atoms with Crippen LogP contribution in [0.15, 0.2) is 36.0 Å². The number of ketones is 1. The molecule has 3 aliphatic rings. The fraction of sp³-hybridized carbons (Fsp3) is 0.550. The number of cyclic esters (lactones) is 1. The molecule has 0 aromatic heterocycles. The minimum absolute atomic E-state index is 0.00779. The number of hydrogen-bond donors (Lipinski definition) is 0. The monoisotopic (exact) mass is 328 g/mol. The van der Waals surface area contributed by atoms with Gasteiger partial charge in [-0.15, -0.1) is 0 Å². The summed E-state index contributed by atoms with van der Waals surface area (Å²) in [6, 6.07) is 0. The van der Waals surface area contributed by atoms with Crippen LogP contribution in [0, 0.1) is 22.7 Å². The molecule has 128 valence electrons. The number of allylic oxidation sites excluding steroid dienone is 2. The molecule has 0 amide bonds. The smallest absolute Gasteiger partial charge is 0.338 e. The predicted molar refractivity (Wildman–Crippen MR) is 90.1 cm³/mol. The summed E-state index contributed by atoms with van der Waals surface area (Å²) in [4.78, 5) is 35.8. The first-order valence-corrected chi connectivity index (χ1v) is 8.55. The molecule has 3 rings (SSSR count). The Kier molecular flexibility index (Phi) is 4.10. The van der Waals surface area contributed by atoms with Crippen LogP contribution >= 0.6 is 0 Å². The van der Waals surface area contributed by atoms with E-state index in [1.165, 1.54) is 0 Å². The number of Topliss-reactive ketones (excluding diaryl/α,β-unsaturated/α-hetero) is 1. The molecule has 4 atom stereocenters. The highest BCUT2D eigenvalue weighted by atomic mass is 16.5. The summed E-state index contributed by atoms with van der Waals surface area (Å²) in [7, 11) is 0. The van der Waals surface area contributed by atoms with Gasteiger partial charge in [0.15, 0.2) is 0 Å². The van der Waals surface area contributed by atoms with Crippen LogP contribution in [0.1, 0.15) is 39.5 Å². The van der Waals surface area contributed by atoms with Gasteiger partial charge >= 0.3 is 5.97 Å². The third kappa shape index (κ3) is 2.40. The zero-order valence-electron chi connectivity index (χ0n) is 14.3. The molecule has 2 aliphatic carbocycles. The first-order chi connectivity index (χ1) is 11.3. The Morgan fingerprint density at radius 3 is 2.67 bits per heavy atom. The normalized spacial score (nSPS) is 39.6. The molecule has 1 heterocycles. The second-order valence-corrected chi connectivity index (χ2v) is 7.67. The molecule has 1 unspecified atom stereocenters. The number of hydrogen-bond acceptors (Lipinski definition) is 4. The van der Waals surface area contributed by atoms with Crippen molar-refractivity contribution >= 4 is 18.0 Å². The van der Waals surface area contributed by atoms with E-state index in [0.717, 1.165) is 31.1 Å². The molecule has 2 fully saturated rings. The van der Waals surface area contributed by atoms with E-state index in [-0.39, 0.29) is 29.0 Å². The molecule has 24 heavy (non-hydrogen) atoms. The predicted octanol–water partition coefficient (Wildman–Crippen LogP) is 3.18. The first-order valence-electron chi connectivity index (χ1n) is 8.55. The van der Waals surface area contributed by atoms with Gasteiger partial charge in [-0.1, -0.05) is 31.2 Å². The molecule has 0 aromatic rings. The highest BCUT2D eigenvalue weighted by molar-refractivity contribution is 5.99. The third-order valence-corrected chi connectivity index (χ3v) is 6.38. The molecule has 0 N–H and O–H groups in total. The molecular weight excluding hydrogens is 304 g/mol. The van der Waals surface area contributed by atoms with Crippen molar-refractivity contribution in [2.24, 2.45) is 22.7 Å². The van der Waals surface area contributed by atoms with Crippen LogP contribution in [-0.4, -0.2) is 24.6 Å². The van der Waals surface area contributed by atoms with Gasteiger partial charge in [0.25, 0.3) is 0 Å². The van der Waals surface area contributed by atoms with E-state index in [0.29, 0.717) is 18.6 Å². The molecule has 4 heteroatoms. The molecule has 1 aliphatic heterocycles. The number of carbonyl (C=O) groups excluding carboxylic acids is 3. The number of carbonyl (C=O) groups is 3. The van der Waals surface area contributed by atoms with Gasteiger partial charge in [-0.05, 0) is 43.6 Å². The maximum Gasteiger partial charge on any atom is 0.338 e. The van der Waals surface area contributed by atoms with Crippen molar-refractivity contribution in [2.75, 3.05) is 6.61 Å². The number of rotatable bonds is 3. The molecule has 0 spiro atoms. The van der Waals surface area contributed by atoms with Crippen LogP contribution < -0.4 is 0 Å². The van der Waals surface area contributed by atoms with Crippen molar-refractivity contribution in [1.29, 1.82) is 0 Å². The average molecular weight is 328 g/mol. The minimum Gasteiger partial charge on any atom is -0.458 e. The Balaban J connectivity index is 1.95. The Morgan fingerprint density at radius 1 is 1.29 bits per heavy atom. The van der Waals surface area contributed by atoms with E-state index in [4.69, 9.17) is 4.74 Å². The summed E-state index contributed by atoms with van der Waals surface area (Å²) < 4.78 is 4.93. The Bertz CT molecular complexity index is 671. The van der Waals surface area contributed by atoms with Crippen molar-refractivity contribution in [2.45, 2.75) is 39.5 Å². The lowest BCUT2D eigenvalue weighted by Gasteiger charge is -2.55. The number of aldehydes is 1. The highest BCUT2D eigenvalue weighted by Crippen LogP contribution is 2.59. The van der Waals surface area contributed by atoms with Gasteiger partial charge in [-0.2, -0.15) is 0 Å². The van der Waals surface area contributed by atoms with E-state index in [1.807, 2.05) is 12.2 Å². The quantitative estimate of drug-likeness (QED) is 0.345. The lowest BCUT2D eigenvalue weighted by molar-refractivity contribution is -0.150. The minimum atomic E-state index is -0.911. The zero-order valence-corrected chi connectivity index (χ0v) is 14.3. The molecule has 0 radical (unpaired) electrons. The summed E-state index contributed by atoms with van der Waals surface area (Å²) in [5, 5.41) is 0. The first kappa shape index (κ1) is 16.9. The van der Waals surface area contributed by atoms with Crippen molar-refractivity contribution < 1.29 is 19.1 Å². The second-order valence-electron chi connectivity index (χ2n) is 7.67. The van der Waals surface area contributed by atoms with Gasteiger partial charge in [0.2, 0.25) is 0 Å². The van der Waals surface area contributed by atoms with Crippen molar-refractivity contribution in [3.8, 4) is 0 Å². The van der Waals surface area contributed by atoms with Gasteiger partial charge in [-0.3, -0.25) is 4.79 Å². The van der Waals surface area contributed by atoms with Crippen LogP contribution in [0.2, 0.25) is 0 Å². The van der Waals surface area contributed by atoms with Gasteiger partial charge in [0.1, 0.15) is 18.7 Å². The molecule has 0 saturated heterocycles. The molecular formula is C20H24O4. The summed E-state index contributed by atoms with van der Waals surface area (Å²) >= 11 is 0. The van der Waals surface area contributed by atoms with E-state index >= 15 is 0 Å². The SMILES string of the molecule is C=C1CC[C@H]2[C@@](C)(CCC(=O)[C@@]2(C)C=O)C1/C=C/C1=CCOC1=O. The van der Waals surface area contributed by atoms with Crippen LogP contribution in [0.5, 0.6) is 0 Å². The zero-order chi connectivity index (χ0) is 17.5. The number of fused-ring (bicyclic) bond motifs is 1. The van der Waals surface area contributed by atoms with Gasteiger partial charge in [0, 0.05) is 12.3 Å². The standard InChI is InChI=1S/C20H24O4/c1-13-4-7-16-19(2,10-8-17(22)20(16,3)12-21)15(13)6-5-14-9-11-24-18(14)23/h5-6,9,12,15-16H,1,4,7-8,10-11H2,2-3H3/b6-5+/t15?,16-,19-,20-/m0/s1. The Hall–Kier alpha value is -1.97. The summed E-state index contributed by atoms with van der Waals surface area (Å²) in [6.07, 6.45) is 9.23. The molecule has 4 nitrogen and oxygen atoms in total. The van der Waals surface area contributed by atoms with E-state index in [9.17, 15) is 14.4 Å². The number of ether oxygens (including phenoxy) is 1. The van der Waals surface area contributed by atoms with Crippen molar-refractivity contribution in [1.82, 2.24) is 0 Å². The van der Waals surface area contributed by atoms with Crippen LogP contribution in [-0.2, 0) is 19.1 Å². The van der Waals surface area contributed by atoms with E-state index < -0.39 is 5.41 Å². The van der Waals surface area contributed by atoms with E-state index in [2.05, 4.69) is 13.5 Å². The maximum atomic E-state index is 12.4. The van der Waals surface area contributed by atoms with Crippen molar-refractivity contribution in [3.63, 3.8) is 0 Å². The highest BCUT2D eigenvalue weighted by Gasteiger charge is 2.57. The van der Waals surface area contributed by atoms with Crippen LogP contribution in [0.4, 0.5) is 0 Å². The van der Waals surface area contributed by atoms with Gasteiger partial charge in [-0.25, -0.2) is 4.79 Å². The van der Waals surface area contributed by atoms with Crippen LogP contribution in [0.3, 0.4) is 0 Å². The lowest BCUT2D eigenvalue weighted by atomic mass is 9.47. The van der Waals surface area contributed by atoms with Crippen molar-refractivity contribution in [3.05, 3.63) is 36.0 Å². The second kappa shape index (κ2) is 5.83. The maximum absolute atomic E-state index is 12.4. The topological polar surface area (TPSA) is 60.4 Å². The Morgan fingerprint density at radius 2 is 2.04 bits per heavy atom. The average Bonchev–Trinajstić information content (AvgIpc) is 2.96. The van der Waals surface area contributed by atoms with Crippen LogP contribution in [0.25, 0.3) is 0 Å². The summed E-state index contributed by atoms with van der Waals surface area (Å²) in [5.74, 6) is -0.186. The summed E-state index contributed by atoms with van der Waals surface area (Å²) in [6.45, 7) is 8.50. The third-order valence-electron chi connectivity index (χ3n) is 6.38. The largest absolute Gasteiger partial charge is 0.458 e. The van der Waals surface area contributed by atoms with Gasteiger partial charge in [0.05, 0.1) is 11.0 Å². The Labute approximate surface area is 142 Å². The molecule has 0 aromatic carbocycles. The number of esters is 1. The van der Waals surface area contributed by atoms with Gasteiger partial charge < -0.3 is 9.53 Å². The fourth-order valence-corrected chi connectivity index (χ4v) is 4.87. The summed E-state index contributed by atoms with van der Waals surface area (Å²) in [5.41, 5.74) is 0.571. The lowest BCUT2D eigenvalue weighted by Crippen LogP contribution is -2.54. The fourth-order valence-electron chi connectivity index (χ4n) is 4.87. The molecule has 2 saturated carbocycles. The molecule has 0 bridgehead atoms. The van der Waals surface area contributed by atoms with E-state index in [1.54, 1.807) is 13.0 Å².